The van der Waals surface area contributed by atoms with Gasteiger partial charge in [-0.2, -0.15) is 0 Å². The third kappa shape index (κ3) is 3.59. The van der Waals surface area contributed by atoms with Crippen LogP contribution in [0.2, 0.25) is 0 Å². The number of nitrogen functional groups attached to an aromatic ring is 1. The van der Waals surface area contributed by atoms with Gasteiger partial charge in [0.1, 0.15) is 0 Å². The topological polar surface area (TPSA) is 42.2 Å². The predicted octanol–water partition coefficient (Wildman–Crippen LogP) is 3.60. The van der Waals surface area contributed by atoms with Gasteiger partial charge in [0.2, 0.25) is 0 Å². The maximum Gasteiger partial charge on any atom is 0.0604 e. The summed E-state index contributed by atoms with van der Waals surface area (Å²) in [5.41, 5.74) is 10.1. The number of aromatic nitrogens is 1. The van der Waals surface area contributed by atoms with Crippen LogP contribution in [0.3, 0.4) is 0 Å². The van der Waals surface area contributed by atoms with E-state index in [1.807, 2.05) is 25.1 Å². The molecule has 100 valence electrons. The number of hydrogen-bond donors (Lipinski definition) is 1. The normalized spacial score (nSPS) is 10.5. The number of benzene rings is 1. The number of hydrogen-bond acceptors (Lipinski definition) is 3. The summed E-state index contributed by atoms with van der Waals surface area (Å²) in [6, 6.07) is 12.3. The quantitative estimate of drug-likeness (QED) is 0.663. The number of pyridine rings is 1. The van der Waals surface area contributed by atoms with Crippen molar-refractivity contribution in [2.75, 3.05) is 17.2 Å². The monoisotopic (exact) mass is 367 g/mol. The molecule has 1 aromatic carbocycles. The Hall–Kier alpha value is -1.30. The van der Waals surface area contributed by atoms with Crippen molar-refractivity contribution in [3.63, 3.8) is 0 Å². The van der Waals surface area contributed by atoms with Crippen LogP contribution in [0.4, 0.5) is 11.4 Å². The number of nitrogens with zero attached hydrogens (tertiary/aromatic N) is 2. The number of anilines is 2. The van der Waals surface area contributed by atoms with Crippen LogP contribution in [-0.2, 0) is 6.54 Å². The second kappa shape index (κ2) is 6.23. The van der Waals surface area contributed by atoms with Crippen molar-refractivity contribution in [2.24, 2.45) is 0 Å². The molecule has 0 fully saturated rings. The van der Waals surface area contributed by atoms with E-state index < -0.39 is 0 Å². The van der Waals surface area contributed by atoms with Gasteiger partial charge in [0.05, 0.1) is 23.6 Å². The second-order valence-electron chi connectivity index (χ2n) is 4.49. The fraction of sp³-hybridized carbons (Fsp3) is 0.267. The summed E-state index contributed by atoms with van der Waals surface area (Å²) in [6.07, 6.45) is 0. The average Bonchev–Trinajstić information content (AvgIpc) is 2.37. The summed E-state index contributed by atoms with van der Waals surface area (Å²) >= 11 is 2.27. The van der Waals surface area contributed by atoms with E-state index in [0.717, 1.165) is 39.4 Å². The molecule has 1 heterocycles. The largest absolute Gasteiger partial charge is 0.397 e. The molecule has 2 aromatic rings. The van der Waals surface area contributed by atoms with Crippen LogP contribution in [-0.4, -0.2) is 11.5 Å². The minimum Gasteiger partial charge on any atom is -0.397 e. The van der Waals surface area contributed by atoms with Crippen LogP contribution >= 0.6 is 22.6 Å². The van der Waals surface area contributed by atoms with Crippen LogP contribution in [0.5, 0.6) is 0 Å². The van der Waals surface area contributed by atoms with E-state index in [1.54, 1.807) is 0 Å². The van der Waals surface area contributed by atoms with Gasteiger partial charge in [-0.1, -0.05) is 6.07 Å². The van der Waals surface area contributed by atoms with Crippen molar-refractivity contribution < 1.29 is 0 Å². The second-order valence-corrected chi connectivity index (χ2v) is 5.73. The lowest BCUT2D eigenvalue weighted by Gasteiger charge is -2.24. The Labute approximate surface area is 128 Å². The molecule has 0 radical (unpaired) electrons. The van der Waals surface area contributed by atoms with E-state index in [1.165, 1.54) is 0 Å². The van der Waals surface area contributed by atoms with Gasteiger partial charge < -0.3 is 10.6 Å². The third-order valence-electron chi connectivity index (χ3n) is 3.01. The molecule has 2 rings (SSSR count). The van der Waals surface area contributed by atoms with Gasteiger partial charge in [-0.15, -0.1) is 0 Å². The van der Waals surface area contributed by atoms with Crippen molar-refractivity contribution in [2.45, 2.75) is 20.4 Å². The molecule has 0 aliphatic carbocycles. The summed E-state index contributed by atoms with van der Waals surface area (Å²) in [5, 5.41) is 0. The molecule has 0 atom stereocenters. The summed E-state index contributed by atoms with van der Waals surface area (Å²) in [4.78, 5) is 6.79. The smallest absolute Gasteiger partial charge is 0.0604 e. The van der Waals surface area contributed by atoms with Crippen molar-refractivity contribution >= 4 is 34.0 Å². The molecule has 0 saturated carbocycles. The average molecular weight is 367 g/mol. The maximum absolute atomic E-state index is 6.11. The van der Waals surface area contributed by atoms with Crippen molar-refractivity contribution in [3.8, 4) is 0 Å². The number of aryl methyl sites for hydroxylation is 1. The molecule has 0 spiro atoms. The number of nitrogens with two attached hydrogens (primary N) is 1. The zero-order valence-corrected chi connectivity index (χ0v) is 13.4. The first-order chi connectivity index (χ1) is 9.10. The first-order valence-electron chi connectivity index (χ1n) is 6.32. The Kier molecular flexibility index (Phi) is 4.63. The highest BCUT2D eigenvalue weighted by atomic mass is 127. The Bertz CT molecular complexity index is 569. The Morgan fingerprint density at radius 1 is 1.26 bits per heavy atom. The van der Waals surface area contributed by atoms with Gasteiger partial charge in [0, 0.05) is 15.8 Å². The first kappa shape index (κ1) is 14.1. The van der Waals surface area contributed by atoms with E-state index in [-0.39, 0.29) is 0 Å². The molecular formula is C15H18IN3. The van der Waals surface area contributed by atoms with Crippen molar-refractivity contribution in [3.05, 3.63) is 51.4 Å². The molecule has 3 nitrogen and oxygen atoms in total. The lowest BCUT2D eigenvalue weighted by molar-refractivity contribution is 0.807. The van der Waals surface area contributed by atoms with Gasteiger partial charge in [0.25, 0.3) is 0 Å². The van der Waals surface area contributed by atoms with Crippen molar-refractivity contribution in [1.82, 2.24) is 4.98 Å². The molecule has 2 N–H and O–H groups in total. The fourth-order valence-electron chi connectivity index (χ4n) is 2.06. The highest BCUT2D eigenvalue weighted by Crippen LogP contribution is 2.26. The van der Waals surface area contributed by atoms with Gasteiger partial charge in [0.15, 0.2) is 0 Å². The van der Waals surface area contributed by atoms with Crippen LogP contribution in [0.1, 0.15) is 18.3 Å². The van der Waals surface area contributed by atoms with E-state index >= 15 is 0 Å². The molecule has 0 unspecified atom stereocenters. The van der Waals surface area contributed by atoms with Gasteiger partial charge in [-0.3, -0.25) is 4.98 Å². The molecule has 1 aromatic heterocycles. The molecule has 0 aliphatic heterocycles. The van der Waals surface area contributed by atoms with E-state index in [2.05, 4.69) is 57.6 Å². The van der Waals surface area contributed by atoms with Gasteiger partial charge >= 0.3 is 0 Å². The highest BCUT2D eigenvalue weighted by molar-refractivity contribution is 14.1. The zero-order chi connectivity index (χ0) is 13.8. The van der Waals surface area contributed by atoms with Gasteiger partial charge in [-0.25, -0.2) is 0 Å². The van der Waals surface area contributed by atoms with Crippen LogP contribution in [0.25, 0.3) is 0 Å². The van der Waals surface area contributed by atoms with Crippen LogP contribution in [0, 0.1) is 10.5 Å². The van der Waals surface area contributed by atoms with Gasteiger partial charge in [-0.05, 0) is 66.8 Å². The van der Waals surface area contributed by atoms with Crippen LogP contribution < -0.4 is 10.6 Å². The molecular weight excluding hydrogens is 349 g/mol. The predicted molar refractivity (Wildman–Crippen MR) is 89.3 cm³/mol. The number of halogens is 1. The molecule has 4 heteroatoms. The standard InChI is InChI=1S/C15H18IN3/c1-3-19(10-13-6-4-5-11(2)18-13)15-8-7-12(16)9-14(15)17/h4-9H,3,10,17H2,1-2H3. The van der Waals surface area contributed by atoms with E-state index in [4.69, 9.17) is 5.73 Å². The summed E-state index contributed by atoms with van der Waals surface area (Å²) < 4.78 is 1.16. The summed E-state index contributed by atoms with van der Waals surface area (Å²) in [7, 11) is 0. The zero-order valence-electron chi connectivity index (χ0n) is 11.2. The van der Waals surface area contributed by atoms with Crippen LogP contribution in [0.15, 0.2) is 36.4 Å². The SMILES string of the molecule is CCN(Cc1cccc(C)n1)c1ccc(I)cc1N. The summed E-state index contributed by atoms with van der Waals surface area (Å²) in [6.45, 7) is 5.83. The molecule has 0 aliphatic rings. The van der Waals surface area contributed by atoms with E-state index in [0.29, 0.717) is 0 Å². The highest BCUT2D eigenvalue weighted by Gasteiger charge is 2.09. The maximum atomic E-state index is 6.11. The fourth-order valence-corrected chi connectivity index (χ4v) is 2.58. The Morgan fingerprint density at radius 2 is 2.05 bits per heavy atom. The molecule has 0 amide bonds. The molecule has 0 bridgehead atoms. The Morgan fingerprint density at radius 3 is 2.68 bits per heavy atom. The minimum atomic E-state index is 0.781. The molecule has 0 saturated heterocycles. The number of rotatable bonds is 4. The Balaban J connectivity index is 2.25. The lowest BCUT2D eigenvalue weighted by atomic mass is 10.2. The minimum absolute atomic E-state index is 0.781. The lowest BCUT2D eigenvalue weighted by Crippen LogP contribution is -2.23. The summed E-state index contributed by atoms with van der Waals surface area (Å²) in [5.74, 6) is 0. The molecule has 19 heavy (non-hydrogen) atoms. The van der Waals surface area contributed by atoms with Crippen molar-refractivity contribution in [1.29, 1.82) is 0 Å². The first-order valence-corrected chi connectivity index (χ1v) is 7.40. The third-order valence-corrected chi connectivity index (χ3v) is 3.68. The van der Waals surface area contributed by atoms with E-state index in [9.17, 15) is 0 Å².